The fourth-order valence-electron chi connectivity index (χ4n) is 2.17. The van der Waals surface area contributed by atoms with Crippen molar-refractivity contribution in [1.82, 2.24) is 0 Å². The topological polar surface area (TPSA) is 102 Å². The van der Waals surface area contributed by atoms with Gasteiger partial charge in [-0.05, 0) is 6.42 Å². The number of hydrogen-bond donors (Lipinski definition) is 1. The van der Waals surface area contributed by atoms with E-state index in [1.165, 1.54) is 44.9 Å². The summed E-state index contributed by atoms with van der Waals surface area (Å²) in [6.45, 7) is 1.87. The smallest absolute Gasteiger partial charge is 0.790 e. The van der Waals surface area contributed by atoms with Gasteiger partial charge in [-0.1, -0.05) is 64.7 Å². The zero-order valence-electron chi connectivity index (χ0n) is 15.7. The van der Waals surface area contributed by atoms with Gasteiger partial charge in [0.15, 0.2) is 0 Å². The molecule has 0 aliphatic heterocycles. The summed E-state index contributed by atoms with van der Waals surface area (Å²) in [6.07, 6.45) is 11.4. The molecule has 9 heteroatoms. The molecule has 0 saturated heterocycles. The molecule has 0 fully saturated rings. The van der Waals surface area contributed by atoms with Crippen LogP contribution in [0.4, 0.5) is 0 Å². The van der Waals surface area contributed by atoms with Crippen LogP contribution in [0.25, 0.3) is 0 Å². The quantitative estimate of drug-likeness (QED) is 0.166. The number of rotatable bonds is 16. The Balaban J connectivity index is -0.00000220. The molecule has 1 N–H and O–H groups in total. The van der Waals surface area contributed by atoms with Gasteiger partial charge in [0.25, 0.3) is 0 Å². The average molecular weight is 384 g/mol. The molecule has 0 aliphatic carbocycles. The number of unbranched alkanes of at least 4 members (excludes halogenated alkanes) is 9. The normalized spacial score (nSPS) is 12.3. The van der Waals surface area contributed by atoms with E-state index in [9.17, 15) is 14.4 Å². The van der Waals surface area contributed by atoms with Crippen molar-refractivity contribution in [3.05, 3.63) is 0 Å². The average Bonchev–Trinajstić information content (AvgIpc) is 2.46. The Morgan fingerprint density at radius 2 is 1.38 bits per heavy atom. The second-order valence-electron chi connectivity index (χ2n) is 5.60. The Bertz CT molecular complexity index is 291. The molecule has 0 spiro atoms. The summed E-state index contributed by atoms with van der Waals surface area (Å²) >= 11 is 0. The fraction of sp³-hybridized carbons (Fsp3) is 1.00. The number of hydrogen-bond acceptors (Lipinski definition) is 6. The molecule has 0 aromatic rings. The molecule has 24 heavy (non-hydrogen) atoms. The van der Waals surface area contributed by atoms with E-state index < -0.39 is 20.5 Å². The van der Waals surface area contributed by atoms with Crippen LogP contribution in [0.3, 0.4) is 0 Å². The van der Waals surface area contributed by atoms with Gasteiger partial charge in [0.2, 0.25) is 0 Å². The van der Waals surface area contributed by atoms with Crippen LogP contribution in [-0.2, 0) is 13.8 Å². The molecule has 0 aliphatic rings. The van der Waals surface area contributed by atoms with Crippen molar-refractivity contribution in [2.75, 3.05) is 19.8 Å². The molecular formula is C15H31Na2O6P. The molecule has 0 amide bonds. The van der Waals surface area contributed by atoms with Crippen molar-refractivity contribution in [3.63, 3.8) is 0 Å². The molecule has 0 saturated carbocycles. The molecule has 0 heterocycles. The summed E-state index contributed by atoms with van der Waals surface area (Å²) < 4.78 is 19.7. The Hall–Kier alpha value is 2.03. The SMILES string of the molecule is CCCCCCCCCCCCOC(CO)COP(=O)([O-])[O-].[Na+].[Na+]. The van der Waals surface area contributed by atoms with Crippen LogP contribution in [0.5, 0.6) is 0 Å². The molecule has 1 atom stereocenters. The van der Waals surface area contributed by atoms with Gasteiger partial charge in [0.05, 0.1) is 21.0 Å². The summed E-state index contributed by atoms with van der Waals surface area (Å²) in [5, 5.41) is 8.99. The van der Waals surface area contributed by atoms with E-state index in [2.05, 4.69) is 11.4 Å². The van der Waals surface area contributed by atoms with E-state index in [0.29, 0.717) is 6.61 Å². The van der Waals surface area contributed by atoms with Gasteiger partial charge in [0, 0.05) is 6.61 Å². The minimum atomic E-state index is -4.99. The van der Waals surface area contributed by atoms with Gasteiger partial charge >= 0.3 is 59.1 Å². The van der Waals surface area contributed by atoms with Crippen molar-refractivity contribution in [2.45, 2.75) is 77.2 Å². The van der Waals surface area contributed by atoms with E-state index in [4.69, 9.17) is 9.84 Å². The minimum absolute atomic E-state index is 0. The number of phosphoric ester groups is 1. The number of phosphoric acid groups is 1. The second kappa shape index (κ2) is 21.3. The van der Waals surface area contributed by atoms with Crippen LogP contribution in [-0.4, -0.2) is 31.0 Å². The van der Waals surface area contributed by atoms with E-state index in [1.807, 2.05) is 0 Å². The first-order chi connectivity index (χ1) is 10.5. The van der Waals surface area contributed by atoms with Crippen LogP contribution >= 0.6 is 7.82 Å². The van der Waals surface area contributed by atoms with Gasteiger partial charge in [-0.3, -0.25) is 0 Å². The number of aliphatic hydroxyl groups excluding tert-OH is 1. The van der Waals surface area contributed by atoms with Crippen LogP contribution < -0.4 is 68.9 Å². The van der Waals surface area contributed by atoms with Crippen LogP contribution in [0.1, 0.15) is 71.1 Å². The minimum Gasteiger partial charge on any atom is -0.790 e. The summed E-state index contributed by atoms with van der Waals surface area (Å²) in [6, 6.07) is 0. The van der Waals surface area contributed by atoms with Gasteiger partial charge in [0.1, 0.15) is 6.10 Å². The molecule has 0 rings (SSSR count). The third kappa shape index (κ3) is 24.0. The molecule has 134 valence electrons. The first-order valence-electron chi connectivity index (χ1n) is 8.38. The van der Waals surface area contributed by atoms with Gasteiger partial charge < -0.3 is 28.7 Å². The monoisotopic (exact) mass is 384 g/mol. The fourth-order valence-corrected chi connectivity index (χ4v) is 2.52. The van der Waals surface area contributed by atoms with Crippen LogP contribution in [0.15, 0.2) is 0 Å². The molecule has 0 aromatic heterocycles. The first-order valence-corrected chi connectivity index (χ1v) is 9.84. The van der Waals surface area contributed by atoms with Crippen molar-refractivity contribution < 1.29 is 87.8 Å². The Morgan fingerprint density at radius 3 is 1.79 bits per heavy atom. The van der Waals surface area contributed by atoms with Crippen molar-refractivity contribution >= 4 is 7.82 Å². The van der Waals surface area contributed by atoms with Crippen LogP contribution in [0, 0.1) is 0 Å². The predicted molar refractivity (Wildman–Crippen MR) is 82.2 cm³/mol. The molecular weight excluding hydrogens is 353 g/mol. The van der Waals surface area contributed by atoms with Gasteiger partial charge in [-0.15, -0.1) is 0 Å². The van der Waals surface area contributed by atoms with Crippen molar-refractivity contribution in [1.29, 1.82) is 0 Å². The predicted octanol–water partition coefficient (Wildman–Crippen LogP) is -3.86. The molecule has 6 nitrogen and oxygen atoms in total. The first kappa shape index (κ1) is 30.7. The summed E-state index contributed by atoms with van der Waals surface area (Å²) in [7, 11) is -4.99. The zero-order chi connectivity index (χ0) is 16.7. The Kier molecular flexibility index (Phi) is 27.3. The maximum Gasteiger partial charge on any atom is 1.00 e. The maximum absolute atomic E-state index is 10.3. The maximum atomic E-state index is 10.3. The van der Waals surface area contributed by atoms with E-state index in [0.717, 1.165) is 19.3 Å². The van der Waals surface area contributed by atoms with Crippen molar-refractivity contribution in [2.24, 2.45) is 0 Å². The van der Waals surface area contributed by atoms with Gasteiger partial charge in [-0.2, -0.15) is 0 Å². The van der Waals surface area contributed by atoms with E-state index in [1.54, 1.807) is 0 Å². The van der Waals surface area contributed by atoms with Crippen molar-refractivity contribution in [3.8, 4) is 0 Å². The standard InChI is InChI=1S/C15H33O6P.2Na/c1-2-3-4-5-6-7-8-9-10-11-12-20-15(13-16)14-21-22(17,18)19;;/h15-16H,2-14H2,1H3,(H2,17,18,19);;/q;2*+1/p-2. The van der Waals surface area contributed by atoms with E-state index in [-0.39, 0.29) is 65.7 Å². The largest absolute Gasteiger partial charge is 1.00 e. The molecule has 0 aromatic carbocycles. The summed E-state index contributed by atoms with van der Waals surface area (Å²) in [4.78, 5) is 20.6. The van der Waals surface area contributed by atoms with E-state index >= 15 is 0 Å². The number of aliphatic hydroxyl groups is 1. The summed E-state index contributed by atoms with van der Waals surface area (Å²) in [5.74, 6) is 0. The second-order valence-corrected chi connectivity index (χ2v) is 6.75. The third-order valence-corrected chi connectivity index (χ3v) is 3.94. The number of ether oxygens (including phenoxy) is 1. The molecule has 0 bridgehead atoms. The van der Waals surface area contributed by atoms with Crippen LogP contribution in [0.2, 0.25) is 0 Å². The molecule has 1 unspecified atom stereocenters. The third-order valence-electron chi connectivity index (χ3n) is 3.47. The summed E-state index contributed by atoms with van der Waals surface area (Å²) in [5.41, 5.74) is 0. The zero-order valence-corrected chi connectivity index (χ0v) is 20.6. The van der Waals surface area contributed by atoms with Gasteiger partial charge in [-0.25, -0.2) is 0 Å². The Labute approximate surface area is 191 Å². The molecule has 0 radical (unpaired) electrons. The Morgan fingerprint density at radius 1 is 0.917 bits per heavy atom.